The fourth-order valence-electron chi connectivity index (χ4n) is 1.26. The van der Waals surface area contributed by atoms with Crippen molar-refractivity contribution in [3.63, 3.8) is 0 Å². The Labute approximate surface area is 89.3 Å². The second-order valence-electron chi connectivity index (χ2n) is 3.66. The van der Waals surface area contributed by atoms with Crippen molar-refractivity contribution >= 4 is 5.91 Å². The minimum atomic E-state index is -0.0507. The van der Waals surface area contributed by atoms with Crippen molar-refractivity contribution in [2.75, 3.05) is 20.1 Å². The van der Waals surface area contributed by atoms with Crippen molar-refractivity contribution in [1.82, 2.24) is 15.1 Å². The summed E-state index contributed by atoms with van der Waals surface area (Å²) in [6.07, 6.45) is 2.97. The summed E-state index contributed by atoms with van der Waals surface area (Å²) in [5, 5.41) is 7.29. The standard InChI is InChI=1S/C10H16N4O/c1-8(5-11)7-14(2)10(15)9-3-4-12-13-6-9/h3-4,6,8H,5,7,11H2,1-2H3. The molecule has 1 aromatic heterocycles. The maximum atomic E-state index is 11.8. The molecule has 1 aromatic rings. The SMILES string of the molecule is CC(CN)CN(C)C(=O)c1ccnnc1. The van der Waals surface area contributed by atoms with E-state index in [1.807, 2.05) is 6.92 Å². The first kappa shape index (κ1) is 11.6. The molecule has 1 unspecified atom stereocenters. The van der Waals surface area contributed by atoms with Gasteiger partial charge in [-0.1, -0.05) is 6.92 Å². The second-order valence-corrected chi connectivity index (χ2v) is 3.66. The molecule has 0 radical (unpaired) electrons. The zero-order valence-electron chi connectivity index (χ0n) is 9.05. The molecule has 0 bridgehead atoms. The Morgan fingerprint density at radius 3 is 2.87 bits per heavy atom. The number of carbonyl (C=O) groups is 1. The Kier molecular flexibility index (Phi) is 4.17. The van der Waals surface area contributed by atoms with E-state index in [9.17, 15) is 4.79 Å². The predicted molar refractivity (Wildman–Crippen MR) is 57.2 cm³/mol. The van der Waals surface area contributed by atoms with Gasteiger partial charge >= 0.3 is 0 Å². The quantitative estimate of drug-likeness (QED) is 0.764. The van der Waals surface area contributed by atoms with Crippen molar-refractivity contribution in [2.45, 2.75) is 6.92 Å². The number of aromatic nitrogens is 2. The fraction of sp³-hybridized carbons (Fsp3) is 0.500. The summed E-state index contributed by atoms with van der Waals surface area (Å²) < 4.78 is 0. The monoisotopic (exact) mass is 208 g/mol. The lowest BCUT2D eigenvalue weighted by Gasteiger charge is -2.20. The smallest absolute Gasteiger partial charge is 0.255 e. The summed E-state index contributed by atoms with van der Waals surface area (Å²) in [5.41, 5.74) is 6.05. The molecule has 0 saturated heterocycles. The van der Waals surface area contributed by atoms with Crippen molar-refractivity contribution in [1.29, 1.82) is 0 Å². The number of amides is 1. The van der Waals surface area contributed by atoms with Crippen molar-refractivity contribution in [2.24, 2.45) is 11.7 Å². The molecule has 5 heteroatoms. The number of hydrogen-bond donors (Lipinski definition) is 1. The van der Waals surface area contributed by atoms with E-state index in [0.717, 1.165) is 0 Å². The van der Waals surface area contributed by atoms with Crippen LogP contribution in [-0.2, 0) is 0 Å². The summed E-state index contributed by atoms with van der Waals surface area (Å²) in [6, 6.07) is 1.65. The number of nitrogens with zero attached hydrogens (tertiary/aromatic N) is 3. The Balaban J connectivity index is 2.61. The van der Waals surface area contributed by atoms with Gasteiger partial charge in [-0.15, -0.1) is 0 Å². The van der Waals surface area contributed by atoms with Crippen LogP contribution < -0.4 is 5.73 Å². The average Bonchev–Trinajstić information content (AvgIpc) is 2.29. The minimum Gasteiger partial charge on any atom is -0.341 e. The van der Waals surface area contributed by atoms with Gasteiger partial charge in [-0.2, -0.15) is 10.2 Å². The Bertz CT molecular complexity index is 314. The van der Waals surface area contributed by atoms with Crippen LogP contribution in [0.3, 0.4) is 0 Å². The van der Waals surface area contributed by atoms with E-state index < -0.39 is 0 Å². The Morgan fingerprint density at radius 2 is 2.33 bits per heavy atom. The normalized spacial score (nSPS) is 12.2. The third-order valence-corrected chi connectivity index (χ3v) is 2.17. The van der Waals surface area contributed by atoms with Crippen molar-refractivity contribution in [3.8, 4) is 0 Å². The van der Waals surface area contributed by atoms with Crippen LogP contribution in [0.4, 0.5) is 0 Å². The minimum absolute atomic E-state index is 0.0507. The largest absolute Gasteiger partial charge is 0.341 e. The molecule has 0 aliphatic heterocycles. The van der Waals surface area contributed by atoms with Gasteiger partial charge in [-0.05, 0) is 18.5 Å². The van der Waals surface area contributed by atoms with Crippen LogP contribution in [0.2, 0.25) is 0 Å². The number of carbonyl (C=O) groups excluding carboxylic acids is 1. The summed E-state index contributed by atoms with van der Waals surface area (Å²) in [5.74, 6) is 0.249. The molecule has 82 valence electrons. The zero-order chi connectivity index (χ0) is 11.3. The molecule has 2 N–H and O–H groups in total. The molecule has 1 rings (SSSR count). The third kappa shape index (κ3) is 3.28. The highest BCUT2D eigenvalue weighted by atomic mass is 16.2. The summed E-state index contributed by atoms with van der Waals surface area (Å²) in [4.78, 5) is 13.5. The van der Waals surface area contributed by atoms with Gasteiger partial charge in [0.15, 0.2) is 0 Å². The second kappa shape index (κ2) is 5.41. The van der Waals surface area contributed by atoms with Gasteiger partial charge in [0.25, 0.3) is 5.91 Å². The molecule has 1 atom stereocenters. The maximum absolute atomic E-state index is 11.8. The van der Waals surface area contributed by atoms with Crippen LogP contribution in [0.5, 0.6) is 0 Å². The molecular formula is C10H16N4O. The molecule has 5 nitrogen and oxygen atoms in total. The van der Waals surface area contributed by atoms with Crippen LogP contribution >= 0.6 is 0 Å². The highest BCUT2D eigenvalue weighted by Crippen LogP contribution is 2.03. The zero-order valence-corrected chi connectivity index (χ0v) is 9.05. The summed E-state index contributed by atoms with van der Waals surface area (Å²) >= 11 is 0. The van der Waals surface area contributed by atoms with Gasteiger partial charge in [0.05, 0.1) is 18.0 Å². The van der Waals surface area contributed by atoms with E-state index in [1.54, 1.807) is 18.0 Å². The molecule has 0 fully saturated rings. The van der Waals surface area contributed by atoms with Gasteiger partial charge in [0.2, 0.25) is 0 Å². The Hall–Kier alpha value is -1.49. The van der Waals surface area contributed by atoms with Gasteiger partial charge in [-0.25, -0.2) is 0 Å². The van der Waals surface area contributed by atoms with Crippen LogP contribution in [0.15, 0.2) is 18.5 Å². The number of hydrogen-bond acceptors (Lipinski definition) is 4. The van der Waals surface area contributed by atoms with Crippen molar-refractivity contribution in [3.05, 3.63) is 24.0 Å². The Morgan fingerprint density at radius 1 is 1.60 bits per heavy atom. The average molecular weight is 208 g/mol. The van der Waals surface area contributed by atoms with Crippen molar-refractivity contribution < 1.29 is 4.79 Å². The molecule has 0 aromatic carbocycles. The van der Waals surface area contributed by atoms with Crippen LogP contribution in [-0.4, -0.2) is 41.1 Å². The molecule has 0 saturated carbocycles. The number of rotatable bonds is 4. The summed E-state index contributed by atoms with van der Waals surface area (Å²) in [6.45, 7) is 3.23. The first-order valence-electron chi connectivity index (χ1n) is 4.87. The van der Waals surface area contributed by atoms with Gasteiger partial charge in [0.1, 0.15) is 0 Å². The summed E-state index contributed by atoms with van der Waals surface area (Å²) in [7, 11) is 1.76. The first-order chi connectivity index (χ1) is 7.15. The number of nitrogens with two attached hydrogens (primary N) is 1. The van der Waals surface area contributed by atoms with Crippen LogP contribution in [0.25, 0.3) is 0 Å². The van der Waals surface area contributed by atoms with E-state index in [2.05, 4.69) is 10.2 Å². The fourth-order valence-corrected chi connectivity index (χ4v) is 1.26. The highest BCUT2D eigenvalue weighted by molar-refractivity contribution is 5.93. The molecule has 1 heterocycles. The molecule has 0 spiro atoms. The van der Waals surface area contributed by atoms with E-state index >= 15 is 0 Å². The van der Waals surface area contributed by atoms with E-state index in [0.29, 0.717) is 24.6 Å². The maximum Gasteiger partial charge on any atom is 0.255 e. The topological polar surface area (TPSA) is 72.1 Å². The van der Waals surface area contributed by atoms with Gasteiger partial charge < -0.3 is 10.6 Å². The molecular weight excluding hydrogens is 192 g/mol. The third-order valence-electron chi connectivity index (χ3n) is 2.17. The molecule has 0 aliphatic rings. The van der Waals surface area contributed by atoms with E-state index in [-0.39, 0.29) is 5.91 Å². The highest BCUT2D eigenvalue weighted by Gasteiger charge is 2.13. The van der Waals surface area contributed by atoms with Crippen LogP contribution in [0.1, 0.15) is 17.3 Å². The predicted octanol–water partition coefficient (Wildman–Crippen LogP) is 0.143. The van der Waals surface area contributed by atoms with E-state index in [1.165, 1.54) is 12.4 Å². The lowest BCUT2D eigenvalue weighted by atomic mass is 10.1. The van der Waals surface area contributed by atoms with E-state index in [4.69, 9.17) is 5.73 Å². The molecule has 1 amide bonds. The van der Waals surface area contributed by atoms with Gasteiger partial charge in [-0.3, -0.25) is 4.79 Å². The van der Waals surface area contributed by atoms with Crippen LogP contribution in [0, 0.1) is 5.92 Å². The first-order valence-corrected chi connectivity index (χ1v) is 4.87. The molecule has 0 aliphatic carbocycles. The van der Waals surface area contributed by atoms with Gasteiger partial charge in [0, 0.05) is 13.6 Å². The lowest BCUT2D eigenvalue weighted by Crippen LogP contribution is -2.33. The lowest BCUT2D eigenvalue weighted by molar-refractivity contribution is 0.0777. The molecule has 15 heavy (non-hydrogen) atoms.